The van der Waals surface area contributed by atoms with Crippen LogP contribution in [0.5, 0.6) is 0 Å². The van der Waals surface area contributed by atoms with Crippen molar-refractivity contribution in [2.24, 2.45) is 5.92 Å². The lowest BCUT2D eigenvalue weighted by Crippen LogP contribution is -2.44. The van der Waals surface area contributed by atoms with Crippen molar-refractivity contribution in [3.8, 4) is 5.69 Å². The van der Waals surface area contributed by atoms with E-state index in [1.54, 1.807) is 13.4 Å². The van der Waals surface area contributed by atoms with Gasteiger partial charge in [0.15, 0.2) is 5.65 Å². The summed E-state index contributed by atoms with van der Waals surface area (Å²) in [5, 5.41) is 8.43. The molecular weight excluding hydrogens is 356 g/mol. The average Bonchev–Trinajstić information content (AvgIpc) is 3.19. The number of rotatable bonds is 6. The van der Waals surface area contributed by atoms with Crippen molar-refractivity contribution < 1.29 is 9.53 Å². The topological polar surface area (TPSA) is 85.2 Å². The van der Waals surface area contributed by atoms with Crippen LogP contribution >= 0.6 is 0 Å². The standard InChI is InChI=1S/C20H24N6O2/c1-28-11-9-21-20(27)15-6-5-10-25(12-15)19-17-13-26(16-7-3-2-4-8-16)24-18(17)22-14-23-19/h2-4,7-8,13-15H,5-6,9-12H2,1H3,(H,21,27)/t15-/m0/s1. The number of amides is 1. The molecule has 3 heterocycles. The van der Waals surface area contributed by atoms with Crippen LogP contribution in [0.2, 0.25) is 0 Å². The summed E-state index contributed by atoms with van der Waals surface area (Å²) in [6.45, 7) is 2.56. The van der Waals surface area contributed by atoms with Gasteiger partial charge >= 0.3 is 0 Å². The van der Waals surface area contributed by atoms with Crippen LogP contribution in [-0.4, -0.2) is 59.0 Å². The largest absolute Gasteiger partial charge is 0.383 e. The number of carbonyl (C=O) groups is 1. The molecule has 1 aromatic carbocycles. The minimum Gasteiger partial charge on any atom is -0.383 e. The molecule has 0 aliphatic carbocycles. The molecule has 2 aromatic heterocycles. The maximum Gasteiger partial charge on any atom is 0.224 e. The summed E-state index contributed by atoms with van der Waals surface area (Å²) < 4.78 is 6.83. The fourth-order valence-electron chi connectivity index (χ4n) is 3.59. The van der Waals surface area contributed by atoms with Gasteiger partial charge in [-0.05, 0) is 25.0 Å². The number of carbonyl (C=O) groups excluding carboxylic acids is 1. The summed E-state index contributed by atoms with van der Waals surface area (Å²) in [5.41, 5.74) is 1.63. The summed E-state index contributed by atoms with van der Waals surface area (Å²) in [6, 6.07) is 9.93. The van der Waals surface area contributed by atoms with Gasteiger partial charge in [0.1, 0.15) is 12.1 Å². The number of nitrogens with zero attached hydrogens (tertiary/aromatic N) is 5. The first-order valence-electron chi connectivity index (χ1n) is 9.53. The fourth-order valence-corrected chi connectivity index (χ4v) is 3.59. The van der Waals surface area contributed by atoms with Gasteiger partial charge in [-0.2, -0.15) is 0 Å². The van der Waals surface area contributed by atoms with Crippen LogP contribution in [0, 0.1) is 5.92 Å². The molecule has 1 atom stereocenters. The number of fused-ring (bicyclic) bond motifs is 1. The molecule has 1 fully saturated rings. The van der Waals surface area contributed by atoms with Gasteiger partial charge in [0.25, 0.3) is 0 Å². The first kappa shape index (κ1) is 18.4. The van der Waals surface area contributed by atoms with Gasteiger partial charge in [0.05, 0.1) is 23.6 Å². The number of para-hydroxylation sites is 1. The molecule has 8 nitrogen and oxygen atoms in total. The Bertz CT molecular complexity index is 942. The highest BCUT2D eigenvalue weighted by Gasteiger charge is 2.27. The first-order chi connectivity index (χ1) is 13.8. The SMILES string of the molecule is COCCNC(=O)[C@H]1CCCN(c2ncnc3nn(-c4ccccc4)cc23)C1. The lowest BCUT2D eigenvalue weighted by molar-refractivity contribution is -0.125. The molecule has 1 amide bonds. The number of nitrogens with one attached hydrogen (secondary N) is 1. The minimum atomic E-state index is -0.0558. The van der Waals surface area contributed by atoms with Gasteiger partial charge in [-0.15, -0.1) is 5.10 Å². The number of piperidine rings is 1. The molecule has 146 valence electrons. The van der Waals surface area contributed by atoms with Gasteiger partial charge in [0.2, 0.25) is 5.91 Å². The molecule has 1 saturated heterocycles. The van der Waals surface area contributed by atoms with Gasteiger partial charge < -0.3 is 15.0 Å². The van der Waals surface area contributed by atoms with E-state index < -0.39 is 0 Å². The van der Waals surface area contributed by atoms with Crippen molar-refractivity contribution >= 4 is 22.8 Å². The Balaban J connectivity index is 1.56. The smallest absolute Gasteiger partial charge is 0.224 e. The van der Waals surface area contributed by atoms with Crippen LogP contribution in [0.15, 0.2) is 42.9 Å². The van der Waals surface area contributed by atoms with Crippen molar-refractivity contribution in [1.29, 1.82) is 0 Å². The Hall–Kier alpha value is -3.00. The van der Waals surface area contributed by atoms with Crippen molar-refractivity contribution in [2.45, 2.75) is 12.8 Å². The Morgan fingerprint density at radius 3 is 2.96 bits per heavy atom. The molecule has 1 N–H and O–H groups in total. The monoisotopic (exact) mass is 380 g/mol. The normalized spacial score (nSPS) is 17.0. The van der Waals surface area contributed by atoms with Crippen LogP contribution in [-0.2, 0) is 9.53 Å². The zero-order valence-electron chi connectivity index (χ0n) is 15.9. The zero-order chi connectivity index (χ0) is 19.3. The lowest BCUT2D eigenvalue weighted by atomic mass is 9.97. The Kier molecular flexibility index (Phi) is 5.48. The molecular formula is C20H24N6O2. The molecule has 4 rings (SSSR count). The molecule has 3 aromatic rings. The van der Waals surface area contributed by atoms with E-state index in [0.29, 0.717) is 25.3 Å². The van der Waals surface area contributed by atoms with Crippen LogP contribution < -0.4 is 10.2 Å². The maximum absolute atomic E-state index is 12.5. The van der Waals surface area contributed by atoms with Crippen molar-refractivity contribution in [3.05, 3.63) is 42.9 Å². The number of anilines is 1. The summed E-state index contributed by atoms with van der Waals surface area (Å²) in [4.78, 5) is 23.5. The number of benzene rings is 1. The third-order valence-electron chi connectivity index (χ3n) is 5.01. The number of hydrogen-bond acceptors (Lipinski definition) is 6. The maximum atomic E-state index is 12.5. The van der Waals surface area contributed by atoms with Crippen LogP contribution in [0.1, 0.15) is 12.8 Å². The van der Waals surface area contributed by atoms with E-state index in [1.165, 1.54) is 0 Å². The second-order valence-corrected chi connectivity index (χ2v) is 6.91. The van der Waals surface area contributed by atoms with E-state index >= 15 is 0 Å². The quantitative estimate of drug-likeness (QED) is 0.657. The van der Waals surface area contributed by atoms with E-state index in [-0.39, 0.29) is 11.8 Å². The van der Waals surface area contributed by atoms with Crippen molar-refractivity contribution in [3.63, 3.8) is 0 Å². The molecule has 28 heavy (non-hydrogen) atoms. The highest BCUT2D eigenvalue weighted by atomic mass is 16.5. The van der Waals surface area contributed by atoms with Crippen molar-refractivity contribution in [2.75, 3.05) is 38.3 Å². The second kappa shape index (κ2) is 8.35. The van der Waals surface area contributed by atoms with E-state index in [1.807, 2.05) is 41.2 Å². The van der Waals surface area contributed by atoms with E-state index in [2.05, 4.69) is 25.3 Å². The van der Waals surface area contributed by atoms with E-state index in [0.717, 1.165) is 36.3 Å². The third-order valence-corrected chi connectivity index (χ3v) is 5.01. The third kappa shape index (κ3) is 3.82. The van der Waals surface area contributed by atoms with Gasteiger partial charge in [0, 0.05) is 32.9 Å². The van der Waals surface area contributed by atoms with Gasteiger partial charge in [-0.1, -0.05) is 18.2 Å². The van der Waals surface area contributed by atoms with Crippen molar-refractivity contribution in [1.82, 2.24) is 25.1 Å². The molecule has 0 bridgehead atoms. The lowest BCUT2D eigenvalue weighted by Gasteiger charge is -2.33. The predicted molar refractivity (Wildman–Crippen MR) is 106 cm³/mol. The Labute approximate surface area is 163 Å². The summed E-state index contributed by atoms with van der Waals surface area (Å²) >= 11 is 0. The van der Waals surface area contributed by atoms with Gasteiger partial charge in [-0.25, -0.2) is 14.6 Å². The van der Waals surface area contributed by atoms with Gasteiger partial charge in [-0.3, -0.25) is 4.79 Å². The molecule has 1 aliphatic heterocycles. The molecule has 0 saturated carbocycles. The molecule has 8 heteroatoms. The minimum absolute atomic E-state index is 0.0558. The van der Waals surface area contributed by atoms with E-state index in [9.17, 15) is 4.79 Å². The first-order valence-corrected chi connectivity index (χ1v) is 9.53. The second-order valence-electron chi connectivity index (χ2n) is 6.91. The number of ether oxygens (including phenoxy) is 1. The van der Waals surface area contributed by atoms with E-state index in [4.69, 9.17) is 4.74 Å². The van der Waals surface area contributed by atoms with Crippen LogP contribution in [0.25, 0.3) is 16.7 Å². The number of methoxy groups -OCH3 is 1. The summed E-state index contributed by atoms with van der Waals surface area (Å²) in [6.07, 6.45) is 5.33. The summed E-state index contributed by atoms with van der Waals surface area (Å²) in [7, 11) is 1.63. The highest BCUT2D eigenvalue weighted by molar-refractivity contribution is 5.87. The van der Waals surface area contributed by atoms with Crippen LogP contribution in [0.3, 0.4) is 0 Å². The molecule has 1 aliphatic rings. The molecule has 0 unspecified atom stereocenters. The number of aromatic nitrogens is 4. The highest BCUT2D eigenvalue weighted by Crippen LogP contribution is 2.27. The summed E-state index contributed by atoms with van der Waals surface area (Å²) in [5.74, 6) is 0.855. The fraction of sp³-hybridized carbons (Fsp3) is 0.400. The van der Waals surface area contributed by atoms with Crippen LogP contribution in [0.4, 0.5) is 5.82 Å². The molecule has 0 radical (unpaired) electrons. The zero-order valence-corrected chi connectivity index (χ0v) is 15.9. The molecule has 0 spiro atoms. The Morgan fingerprint density at radius 2 is 2.14 bits per heavy atom. The average molecular weight is 380 g/mol. The number of hydrogen-bond donors (Lipinski definition) is 1. The predicted octanol–water partition coefficient (Wildman–Crippen LogP) is 1.79. The Morgan fingerprint density at radius 1 is 1.29 bits per heavy atom.